The number of furan rings is 1. The van der Waals surface area contributed by atoms with Crippen molar-refractivity contribution in [2.75, 3.05) is 13.2 Å². The zero-order valence-corrected chi connectivity index (χ0v) is 13.5. The summed E-state index contributed by atoms with van der Waals surface area (Å²) in [6.45, 7) is 3.25. The maximum Gasteiger partial charge on any atom is 0.231 e. The fourth-order valence-corrected chi connectivity index (χ4v) is 3.27. The molecule has 2 aromatic rings. The van der Waals surface area contributed by atoms with E-state index in [1.165, 1.54) is 0 Å². The van der Waals surface area contributed by atoms with Crippen molar-refractivity contribution in [2.45, 2.75) is 37.6 Å². The number of rotatable bonds is 5. The van der Waals surface area contributed by atoms with Gasteiger partial charge in [0, 0.05) is 25.7 Å². The zero-order valence-electron chi connectivity index (χ0n) is 13.5. The molecule has 0 bridgehead atoms. The quantitative estimate of drug-likeness (QED) is 0.923. The predicted octanol–water partition coefficient (Wildman–Crippen LogP) is 3.08. The monoisotopic (exact) mass is 313 g/mol. The van der Waals surface area contributed by atoms with Crippen LogP contribution < -0.4 is 5.32 Å². The largest absolute Gasteiger partial charge is 0.469 e. The molecule has 1 aromatic carbocycles. The van der Waals surface area contributed by atoms with Gasteiger partial charge in [-0.2, -0.15) is 0 Å². The highest BCUT2D eigenvalue weighted by atomic mass is 16.5. The first-order valence-corrected chi connectivity index (χ1v) is 8.17. The summed E-state index contributed by atoms with van der Waals surface area (Å²) in [6.07, 6.45) is 3.79. The lowest BCUT2D eigenvalue weighted by atomic mass is 9.73. The number of amides is 1. The van der Waals surface area contributed by atoms with E-state index in [4.69, 9.17) is 9.15 Å². The predicted molar refractivity (Wildman–Crippen MR) is 88.2 cm³/mol. The van der Waals surface area contributed by atoms with E-state index in [0.717, 1.165) is 24.2 Å². The van der Waals surface area contributed by atoms with Crippen molar-refractivity contribution in [1.82, 2.24) is 5.32 Å². The Bertz CT molecular complexity index is 615. The first-order chi connectivity index (χ1) is 11.2. The first-order valence-electron chi connectivity index (χ1n) is 8.17. The molecule has 1 amide bonds. The van der Waals surface area contributed by atoms with Crippen molar-refractivity contribution in [3.05, 3.63) is 60.1 Å². The lowest BCUT2D eigenvalue weighted by Crippen LogP contribution is -2.50. The Balaban J connectivity index is 1.75. The van der Waals surface area contributed by atoms with Gasteiger partial charge >= 0.3 is 0 Å². The summed E-state index contributed by atoms with van der Waals surface area (Å²) in [4.78, 5) is 13.1. The minimum absolute atomic E-state index is 0.0251. The molecule has 1 aliphatic rings. The molecule has 1 atom stereocenters. The molecule has 4 heteroatoms. The van der Waals surface area contributed by atoms with Crippen molar-refractivity contribution >= 4 is 5.91 Å². The molecule has 0 unspecified atom stereocenters. The molecule has 0 spiro atoms. The Morgan fingerprint density at radius 3 is 2.57 bits per heavy atom. The lowest BCUT2D eigenvalue weighted by Gasteiger charge is -2.37. The maximum absolute atomic E-state index is 13.1. The minimum atomic E-state index is -0.489. The Hall–Kier alpha value is -2.07. The number of hydrogen-bond acceptors (Lipinski definition) is 3. The van der Waals surface area contributed by atoms with Gasteiger partial charge in [0.05, 0.1) is 11.7 Å². The van der Waals surface area contributed by atoms with Crippen LogP contribution in [0.5, 0.6) is 0 Å². The summed E-state index contributed by atoms with van der Waals surface area (Å²) in [7, 11) is 0. The Morgan fingerprint density at radius 2 is 1.91 bits per heavy atom. The average Bonchev–Trinajstić information content (AvgIpc) is 3.09. The number of ether oxygens (including phenoxy) is 1. The van der Waals surface area contributed by atoms with Crippen LogP contribution in [0.2, 0.25) is 0 Å². The van der Waals surface area contributed by atoms with Gasteiger partial charge in [-0.25, -0.2) is 0 Å². The molecular weight excluding hydrogens is 290 g/mol. The number of carbonyl (C=O) groups excluding carboxylic acids is 1. The van der Waals surface area contributed by atoms with Crippen LogP contribution in [0.4, 0.5) is 0 Å². The summed E-state index contributed by atoms with van der Waals surface area (Å²) < 4.78 is 10.9. The van der Waals surface area contributed by atoms with E-state index in [9.17, 15) is 4.79 Å². The van der Waals surface area contributed by atoms with Crippen molar-refractivity contribution in [1.29, 1.82) is 0 Å². The van der Waals surface area contributed by atoms with Crippen LogP contribution in [-0.4, -0.2) is 25.2 Å². The number of hydrogen-bond donors (Lipinski definition) is 1. The SMILES string of the molecule is C[C@@H](Cc1ccco1)NC(=O)C1(c2ccccc2)CCOCC1. The molecule has 1 N–H and O–H groups in total. The van der Waals surface area contributed by atoms with E-state index in [-0.39, 0.29) is 11.9 Å². The van der Waals surface area contributed by atoms with Crippen molar-refractivity contribution in [3.63, 3.8) is 0 Å². The molecule has 1 fully saturated rings. The van der Waals surface area contributed by atoms with Gasteiger partial charge in [0.2, 0.25) is 5.91 Å². The highest BCUT2D eigenvalue weighted by Gasteiger charge is 2.41. The highest BCUT2D eigenvalue weighted by Crippen LogP contribution is 2.35. The highest BCUT2D eigenvalue weighted by molar-refractivity contribution is 5.88. The molecule has 1 aromatic heterocycles. The minimum Gasteiger partial charge on any atom is -0.469 e. The number of carbonyl (C=O) groups is 1. The van der Waals surface area contributed by atoms with Crippen LogP contribution in [0, 0.1) is 0 Å². The fourth-order valence-electron chi connectivity index (χ4n) is 3.27. The van der Waals surface area contributed by atoms with Crippen LogP contribution in [0.15, 0.2) is 53.1 Å². The standard InChI is InChI=1S/C19H23NO3/c1-15(14-17-8-5-11-23-17)20-18(21)19(9-12-22-13-10-19)16-6-3-2-4-7-16/h2-8,11,15H,9-10,12-14H2,1H3,(H,20,21)/t15-/m0/s1. The smallest absolute Gasteiger partial charge is 0.231 e. The van der Waals surface area contributed by atoms with Crippen LogP contribution in [0.25, 0.3) is 0 Å². The van der Waals surface area contributed by atoms with Gasteiger partial charge in [-0.1, -0.05) is 30.3 Å². The van der Waals surface area contributed by atoms with Gasteiger partial charge in [-0.15, -0.1) is 0 Å². The van der Waals surface area contributed by atoms with E-state index in [2.05, 4.69) is 5.32 Å². The summed E-state index contributed by atoms with van der Waals surface area (Å²) in [6, 6.07) is 13.9. The van der Waals surface area contributed by atoms with Crippen molar-refractivity contribution in [3.8, 4) is 0 Å². The number of benzene rings is 1. The van der Waals surface area contributed by atoms with E-state index in [1.54, 1.807) is 6.26 Å². The fraction of sp³-hybridized carbons (Fsp3) is 0.421. The average molecular weight is 313 g/mol. The van der Waals surface area contributed by atoms with E-state index >= 15 is 0 Å². The second kappa shape index (κ2) is 7.01. The van der Waals surface area contributed by atoms with Gasteiger partial charge in [0.1, 0.15) is 5.76 Å². The maximum atomic E-state index is 13.1. The molecule has 0 saturated carbocycles. The molecule has 0 radical (unpaired) electrons. The third-order valence-electron chi connectivity index (χ3n) is 4.57. The first kappa shape index (κ1) is 15.8. The molecule has 4 nitrogen and oxygen atoms in total. The van der Waals surface area contributed by atoms with Gasteiger partial charge < -0.3 is 14.5 Å². The molecule has 0 aliphatic carbocycles. The summed E-state index contributed by atoms with van der Waals surface area (Å²) >= 11 is 0. The van der Waals surface area contributed by atoms with Crippen LogP contribution in [0.3, 0.4) is 0 Å². The van der Waals surface area contributed by atoms with Gasteiger partial charge in [0.15, 0.2) is 0 Å². The molecule has 122 valence electrons. The van der Waals surface area contributed by atoms with Gasteiger partial charge in [-0.3, -0.25) is 4.79 Å². The second-order valence-corrected chi connectivity index (χ2v) is 6.22. The lowest BCUT2D eigenvalue weighted by molar-refractivity contribution is -0.131. The van der Waals surface area contributed by atoms with Gasteiger partial charge in [0.25, 0.3) is 0 Å². The molecule has 1 aliphatic heterocycles. The van der Waals surface area contributed by atoms with Crippen LogP contribution in [-0.2, 0) is 21.4 Å². The number of nitrogens with one attached hydrogen (secondary N) is 1. The van der Waals surface area contributed by atoms with Gasteiger partial charge in [-0.05, 0) is 37.5 Å². The third-order valence-corrected chi connectivity index (χ3v) is 4.57. The second-order valence-electron chi connectivity index (χ2n) is 6.22. The molecule has 1 saturated heterocycles. The topological polar surface area (TPSA) is 51.5 Å². The Labute approximate surface area is 136 Å². The van der Waals surface area contributed by atoms with Crippen LogP contribution >= 0.6 is 0 Å². The molecule has 23 heavy (non-hydrogen) atoms. The van der Waals surface area contributed by atoms with Crippen molar-refractivity contribution in [2.24, 2.45) is 0 Å². The zero-order chi connectivity index (χ0) is 16.1. The molecule has 3 rings (SSSR count). The van der Waals surface area contributed by atoms with E-state index in [0.29, 0.717) is 19.6 Å². The van der Waals surface area contributed by atoms with Crippen LogP contribution in [0.1, 0.15) is 31.1 Å². The summed E-state index contributed by atoms with van der Waals surface area (Å²) in [5.41, 5.74) is 0.586. The van der Waals surface area contributed by atoms with Crippen molar-refractivity contribution < 1.29 is 13.9 Å². The normalized spacial score (nSPS) is 18.3. The van der Waals surface area contributed by atoms with E-state index < -0.39 is 5.41 Å². The summed E-state index contributed by atoms with van der Waals surface area (Å²) in [5.74, 6) is 0.976. The van der Waals surface area contributed by atoms with E-state index in [1.807, 2.05) is 49.4 Å². The third kappa shape index (κ3) is 3.48. The Morgan fingerprint density at radius 1 is 1.17 bits per heavy atom. The Kier molecular flexibility index (Phi) is 4.82. The summed E-state index contributed by atoms with van der Waals surface area (Å²) in [5, 5.41) is 3.17. The molecular formula is C19H23NO3. The molecule has 2 heterocycles.